The predicted octanol–water partition coefficient (Wildman–Crippen LogP) is 5.09. The molecule has 0 fully saturated rings. The van der Waals surface area contributed by atoms with Crippen LogP contribution in [0.1, 0.15) is 5.56 Å². The van der Waals surface area contributed by atoms with Crippen molar-refractivity contribution >= 4 is 33.9 Å². The van der Waals surface area contributed by atoms with E-state index in [9.17, 15) is 4.39 Å². The lowest BCUT2D eigenvalue weighted by Crippen LogP contribution is -1.96. The zero-order chi connectivity index (χ0) is 15.7. The number of hydrogen-bond acceptors (Lipinski definition) is 3. The Morgan fingerprint density at radius 3 is 2.73 bits per heavy atom. The fraction of sp³-hybridized carbons (Fsp3) is 0.118. The van der Waals surface area contributed by atoms with Crippen molar-refractivity contribution in [3.63, 3.8) is 0 Å². The molecule has 3 nitrogen and oxygen atoms in total. The van der Waals surface area contributed by atoms with Crippen LogP contribution in [0.25, 0.3) is 10.8 Å². The van der Waals surface area contributed by atoms with E-state index in [0.717, 1.165) is 22.1 Å². The third-order valence-corrected chi connectivity index (χ3v) is 3.75. The third-order valence-electron chi connectivity index (χ3n) is 3.46. The topological polar surface area (TPSA) is 34.1 Å². The van der Waals surface area contributed by atoms with E-state index in [-0.39, 0.29) is 5.02 Å². The minimum absolute atomic E-state index is 0.0723. The monoisotopic (exact) mass is 316 g/mol. The van der Waals surface area contributed by atoms with Gasteiger partial charge in [-0.3, -0.25) is 0 Å². The van der Waals surface area contributed by atoms with Crippen LogP contribution in [-0.4, -0.2) is 12.1 Å². The standard InChI is InChI=1S/C17H14ClFN2O/c1-10-7-13-11(8-16(10)22-2)5-6-20-17(13)21-12-3-4-15(19)14(18)9-12/h3-9H,1-2H3,(H,20,21). The van der Waals surface area contributed by atoms with E-state index in [1.165, 1.54) is 12.1 Å². The second kappa shape index (κ2) is 5.81. The van der Waals surface area contributed by atoms with Crippen LogP contribution in [0, 0.1) is 12.7 Å². The molecule has 112 valence electrons. The van der Waals surface area contributed by atoms with Crippen LogP contribution in [0.4, 0.5) is 15.9 Å². The maximum atomic E-state index is 13.2. The van der Waals surface area contributed by atoms with Crippen LogP contribution in [-0.2, 0) is 0 Å². The zero-order valence-corrected chi connectivity index (χ0v) is 12.9. The molecule has 0 spiro atoms. The molecule has 1 heterocycles. The maximum Gasteiger partial charge on any atom is 0.141 e. The van der Waals surface area contributed by atoms with Gasteiger partial charge in [-0.1, -0.05) is 11.6 Å². The molecule has 0 aliphatic heterocycles. The first-order valence-corrected chi connectivity index (χ1v) is 7.11. The molecule has 0 radical (unpaired) electrons. The minimum atomic E-state index is -0.446. The van der Waals surface area contributed by atoms with Crippen LogP contribution < -0.4 is 10.1 Å². The molecular formula is C17H14ClFN2O. The van der Waals surface area contributed by atoms with E-state index in [1.807, 2.05) is 25.1 Å². The van der Waals surface area contributed by atoms with E-state index in [0.29, 0.717) is 11.5 Å². The molecule has 3 rings (SSSR count). The first-order valence-electron chi connectivity index (χ1n) is 6.74. The van der Waals surface area contributed by atoms with Gasteiger partial charge >= 0.3 is 0 Å². The van der Waals surface area contributed by atoms with Crippen molar-refractivity contribution in [3.8, 4) is 5.75 Å². The predicted molar refractivity (Wildman–Crippen MR) is 87.7 cm³/mol. The average molecular weight is 317 g/mol. The molecule has 1 aromatic heterocycles. The van der Waals surface area contributed by atoms with Gasteiger partial charge in [-0.25, -0.2) is 9.37 Å². The highest BCUT2D eigenvalue weighted by Gasteiger charge is 2.08. The molecule has 1 N–H and O–H groups in total. The fourth-order valence-electron chi connectivity index (χ4n) is 2.34. The number of pyridine rings is 1. The number of ether oxygens (including phenoxy) is 1. The van der Waals surface area contributed by atoms with Crippen molar-refractivity contribution in [1.82, 2.24) is 4.98 Å². The Morgan fingerprint density at radius 1 is 1.18 bits per heavy atom. The summed E-state index contributed by atoms with van der Waals surface area (Å²) in [5.74, 6) is 1.07. The van der Waals surface area contributed by atoms with Crippen molar-refractivity contribution in [3.05, 3.63) is 59.0 Å². The zero-order valence-electron chi connectivity index (χ0n) is 12.2. The Morgan fingerprint density at radius 2 is 2.00 bits per heavy atom. The molecule has 3 aromatic rings. The number of rotatable bonds is 3. The molecule has 2 aromatic carbocycles. The van der Waals surface area contributed by atoms with Crippen LogP contribution in [0.3, 0.4) is 0 Å². The number of anilines is 2. The Labute approximate surface area is 132 Å². The largest absolute Gasteiger partial charge is 0.496 e. The quantitative estimate of drug-likeness (QED) is 0.731. The van der Waals surface area contributed by atoms with E-state index in [4.69, 9.17) is 16.3 Å². The van der Waals surface area contributed by atoms with Crippen molar-refractivity contribution in [1.29, 1.82) is 0 Å². The molecule has 0 aliphatic rings. The summed E-state index contributed by atoms with van der Waals surface area (Å²) in [4.78, 5) is 4.36. The number of benzene rings is 2. The summed E-state index contributed by atoms with van der Waals surface area (Å²) < 4.78 is 18.6. The molecule has 0 bridgehead atoms. The highest BCUT2D eigenvalue weighted by Crippen LogP contribution is 2.31. The number of hydrogen-bond donors (Lipinski definition) is 1. The molecule has 0 unspecified atom stereocenters. The summed E-state index contributed by atoms with van der Waals surface area (Å²) >= 11 is 5.81. The molecule has 0 atom stereocenters. The van der Waals surface area contributed by atoms with Crippen LogP contribution in [0.2, 0.25) is 5.02 Å². The van der Waals surface area contributed by atoms with Gasteiger partial charge in [0.15, 0.2) is 0 Å². The third kappa shape index (κ3) is 2.70. The molecule has 0 amide bonds. The SMILES string of the molecule is COc1cc2ccnc(Nc3ccc(F)c(Cl)c3)c2cc1C. The summed E-state index contributed by atoms with van der Waals surface area (Å²) in [5, 5.41) is 5.22. The minimum Gasteiger partial charge on any atom is -0.496 e. The molecule has 22 heavy (non-hydrogen) atoms. The van der Waals surface area contributed by atoms with E-state index < -0.39 is 5.82 Å². The van der Waals surface area contributed by atoms with Gasteiger partial charge in [0.2, 0.25) is 0 Å². The van der Waals surface area contributed by atoms with Gasteiger partial charge in [0.25, 0.3) is 0 Å². The second-order valence-corrected chi connectivity index (χ2v) is 5.36. The van der Waals surface area contributed by atoms with Crippen molar-refractivity contribution in [2.24, 2.45) is 0 Å². The highest BCUT2D eigenvalue weighted by atomic mass is 35.5. The fourth-order valence-corrected chi connectivity index (χ4v) is 2.52. The summed E-state index contributed by atoms with van der Waals surface area (Å²) in [7, 11) is 1.65. The number of halogens is 2. The summed E-state index contributed by atoms with van der Waals surface area (Å²) in [5.41, 5.74) is 1.70. The number of aryl methyl sites for hydroxylation is 1. The Hall–Kier alpha value is -2.33. The first-order chi connectivity index (χ1) is 10.6. The number of nitrogens with one attached hydrogen (secondary N) is 1. The van der Waals surface area contributed by atoms with Gasteiger partial charge in [-0.2, -0.15) is 0 Å². The Balaban J connectivity index is 2.06. The Bertz CT molecular complexity index is 851. The van der Waals surface area contributed by atoms with Crippen LogP contribution in [0.5, 0.6) is 5.75 Å². The number of fused-ring (bicyclic) bond motifs is 1. The molecule has 5 heteroatoms. The Kier molecular flexibility index (Phi) is 3.86. The van der Waals surface area contributed by atoms with Crippen molar-refractivity contribution in [2.75, 3.05) is 12.4 Å². The second-order valence-electron chi connectivity index (χ2n) is 4.96. The van der Waals surface area contributed by atoms with Gasteiger partial charge in [-0.15, -0.1) is 0 Å². The van der Waals surface area contributed by atoms with Crippen LogP contribution in [0.15, 0.2) is 42.6 Å². The summed E-state index contributed by atoms with van der Waals surface area (Å²) in [6.45, 7) is 1.98. The molecule has 0 saturated heterocycles. The maximum absolute atomic E-state index is 13.2. The van der Waals surface area contributed by atoms with Crippen molar-refractivity contribution < 1.29 is 9.13 Å². The molecular weight excluding hydrogens is 303 g/mol. The number of nitrogens with zero attached hydrogens (tertiary/aromatic N) is 1. The lowest BCUT2D eigenvalue weighted by Gasteiger charge is -2.12. The smallest absolute Gasteiger partial charge is 0.141 e. The van der Waals surface area contributed by atoms with Gasteiger partial charge in [0.05, 0.1) is 12.1 Å². The number of aromatic nitrogens is 1. The van der Waals surface area contributed by atoms with Gasteiger partial charge in [-0.05, 0) is 54.3 Å². The molecule has 0 aliphatic carbocycles. The van der Waals surface area contributed by atoms with E-state index >= 15 is 0 Å². The lowest BCUT2D eigenvalue weighted by atomic mass is 10.1. The van der Waals surface area contributed by atoms with Crippen molar-refractivity contribution in [2.45, 2.75) is 6.92 Å². The first kappa shape index (κ1) is 14.6. The highest BCUT2D eigenvalue weighted by molar-refractivity contribution is 6.31. The summed E-state index contributed by atoms with van der Waals surface area (Å²) in [6, 6.07) is 10.4. The summed E-state index contributed by atoms with van der Waals surface area (Å²) in [6.07, 6.45) is 1.71. The van der Waals surface area contributed by atoms with Gasteiger partial charge in [0.1, 0.15) is 17.4 Å². The van der Waals surface area contributed by atoms with Gasteiger partial charge < -0.3 is 10.1 Å². The normalized spacial score (nSPS) is 10.7. The van der Waals surface area contributed by atoms with Gasteiger partial charge in [0, 0.05) is 17.3 Å². The average Bonchev–Trinajstić information content (AvgIpc) is 2.51. The van der Waals surface area contributed by atoms with E-state index in [1.54, 1.807) is 19.4 Å². The lowest BCUT2D eigenvalue weighted by molar-refractivity contribution is 0.412. The number of methoxy groups -OCH3 is 1. The van der Waals surface area contributed by atoms with E-state index in [2.05, 4.69) is 10.3 Å². The van der Waals surface area contributed by atoms with Crippen LogP contribution >= 0.6 is 11.6 Å². The molecule has 0 saturated carbocycles.